The zero-order chi connectivity index (χ0) is 11.0. The smallest absolute Gasteiger partial charge is 0.320 e. The Hall–Kier alpha value is -0.580. The van der Waals surface area contributed by atoms with Gasteiger partial charge in [0.1, 0.15) is 0 Å². The third kappa shape index (κ3) is 8.42. The maximum Gasteiger partial charge on any atom is 0.320 e. The van der Waals surface area contributed by atoms with Crippen LogP contribution in [0.5, 0.6) is 0 Å². The van der Waals surface area contributed by atoms with E-state index in [1.54, 1.807) is 0 Å². The second kappa shape index (κ2) is 9.96. The van der Waals surface area contributed by atoms with Gasteiger partial charge in [0.25, 0.3) is 0 Å². The summed E-state index contributed by atoms with van der Waals surface area (Å²) in [5.74, 6) is -2.83. The zero-order valence-corrected chi connectivity index (χ0v) is 10.9. The monoisotopic (exact) mass is 282 g/mol. The van der Waals surface area contributed by atoms with Gasteiger partial charge in [-0.1, -0.05) is 26.2 Å². The summed E-state index contributed by atoms with van der Waals surface area (Å²) in [6.07, 6.45) is 4.07. The molecule has 0 spiro atoms. The third-order valence-corrected chi connectivity index (χ3v) is 1.97. The van der Waals surface area contributed by atoms with Gasteiger partial charge in [-0.2, -0.15) is 0 Å². The first-order valence-corrected chi connectivity index (χ1v) is 4.99. The fourth-order valence-electron chi connectivity index (χ4n) is 0.927. The minimum absolute atomic E-state index is 0. The molecule has 0 aliphatic carbocycles. The number of esters is 1. The van der Waals surface area contributed by atoms with Crippen LogP contribution in [0.3, 0.4) is 0 Å². The molecule has 1 N–H and O–H groups in total. The van der Waals surface area contributed by atoms with Crippen LogP contribution in [0, 0.1) is 5.92 Å². The van der Waals surface area contributed by atoms with Crippen LogP contribution >= 0.6 is 17.0 Å². The number of hydrogen-bond donors (Lipinski definition) is 1. The molecule has 0 aliphatic heterocycles. The lowest BCUT2D eigenvalue weighted by atomic mass is 10.2. The van der Waals surface area contributed by atoms with E-state index in [4.69, 9.17) is 9.84 Å². The van der Waals surface area contributed by atoms with Gasteiger partial charge in [0, 0.05) is 0 Å². The topological polar surface area (TPSA) is 63.6 Å². The van der Waals surface area contributed by atoms with E-state index in [-0.39, 0.29) is 17.0 Å². The van der Waals surface area contributed by atoms with E-state index < -0.39 is 17.9 Å². The Bertz CT molecular complexity index is 194. The molecule has 90 valence electrons. The van der Waals surface area contributed by atoms with Crippen molar-refractivity contribution < 1.29 is 19.4 Å². The summed E-state index contributed by atoms with van der Waals surface area (Å²) in [6, 6.07) is 0. The largest absolute Gasteiger partial charge is 0.481 e. The van der Waals surface area contributed by atoms with E-state index in [0.29, 0.717) is 6.61 Å². The van der Waals surface area contributed by atoms with Crippen LogP contribution < -0.4 is 0 Å². The molecule has 1 unspecified atom stereocenters. The quantitative estimate of drug-likeness (QED) is 0.443. The second-order valence-electron chi connectivity index (χ2n) is 3.29. The maximum absolute atomic E-state index is 11.0. The molecular formula is C10H19BrO4. The van der Waals surface area contributed by atoms with E-state index in [1.165, 1.54) is 6.92 Å². The van der Waals surface area contributed by atoms with Crippen molar-refractivity contribution in [2.45, 2.75) is 39.5 Å². The molecule has 0 bridgehead atoms. The number of ether oxygens (including phenoxy) is 1. The number of carbonyl (C=O) groups is 2. The normalized spacial score (nSPS) is 11.3. The average Bonchev–Trinajstić information content (AvgIpc) is 2.16. The van der Waals surface area contributed by atoms with Crippen molar-refractivity contribution >= 4 is 28.9 Å². The van der Waals surface area contributed by atoms with E-state index in [0.717, 1.165) is 25.7 Å². The summed E-state index contributed by atoms with van der Waals surface area (Å²) in [5, 5.41) is 8.49. The van der Waals surface area contributed by atoms with Gasteiger partial charge in [-0.25, -0.2) is 0 Å². The second-order valence-corrected chi connectivity index (χ2v) is 3.29. The third-order valence-electron chi connectivity index (χ3n) is 1.97. The van der Waals surface area contributed by atoms with Crippen molar-refractivity contribution in [2.24, 2.45) is 5.92 Å². The fourth-order valence-corrected chi connectivity index (χ4v) is 0.927. The van der Waals surface area contributed by atoms with Gasteiger partial charge in [0.05, 0.1) is 6.61 Å². The van der Waals surface area contributed by atoms with Crippen molar-refractivity contribution in [1.82, 2.24) is 0 Å². The fraction of sp³-hybridized carbons (Fsp3) is 0.800. The van der Waals surface area contributed by atoms with E-state index in [1.807, 2.05) is 0 Å². The molecule has 0 amide bonds. The first-order valence-electron chi connectivity index (χ1n) is 4.99. The van der Waals surface area contributed by atoms with Crippen LogP contribution in [0.4, 0.5) is 0 Å². The molecule has 15 heavy (non-hydrogen) atoms. The van der Waals surface area contributed by atoms with Gasteiger partial charge < -0.3 is 9.84 Å². The molecule has 0 saturated heterocycles. The van der Waals surface area contributed by atoms with Gasteiger partial charge in [-0.05, 0) is 13.3 Å². The van der Waals surface area contributed by atoms with E-state index in [2.05, 4.69) is 6.92 Å². The van der Waals surface area contributed by atoms with Crippen LogP contribution in [0.25, 0.3) is 0 Å². The minimum Gasteiger partial charge on any atom is -0.481 e. The molecular weight excluding hydrogens is 264 g/mol. The summed E-state index contributed by atoms with van der Waals surface area (Å²) in [7, 11) is 0. The number of hydrogen-bond acceptors (Lipinski definition) is 3. The van der Waals surface area contributed by atoms with Gasteiger partial charge in [-0.15, -0.1) is 17.0 Å². The standard InChI is InChI=1S/C10H18O4.BrH/c1-3-4-5-6-7-14-10(13)8(2)9(11)12;/h8H,3-7H2,1-2H3,(H,11,12);1H. The number of rotatable bonds is 7. The zero-order valence-electron chi connectivity index (χ0n) is 9.19. The average molecular weight is 283 g/mol. The molecule has 0 radical (unpaired) electrons. The first-order chi connectivity index (χ1) is 6.59. The first kappa shape index (κ1) is 16.8. The summed E-state index contributed by atoms with van der Waals surface area (Å²) in [4.78, 5) is 21.4. The molecule has 4 nitrogen and oxygen atoms in total. The Kier molecular flexibility index (Phi) is 11.2. The van der Waals surface area contributed by atoms with Gasteiger partial charge >= 0.3 is 11.9 Å². The molecule has 0 rings (SSSR count). The Balaban J connectivity index is 0. The summed E-state index contributed by atoms with van der Waals surface area (Å²) < 4.78 is 4.79. The SMILES string of the molecule is Br.CCCCCCOC(=O)C(C)C(=O)O. The minimum atomic E-state index is -1.14. The molecule has 0 saturated carbocycles. The molecule has 5 heteroatoms. The van der Waals surface area contributed by atoms with Crippen LogP contribution in [-0.4, -0.2) is 23.7 Å². The number of carbonyl (C=O) groups excluding carboxylic acids is 1. The molecule has 0 aromatic rings. The highest BCUT2D eigenvalue weighted by Crippen LogP contribution is 2.02. The molecule has 0 heterocycles. The van der Waals surface area contributed by atoms with Gasteiger partial charge in [0.15, 0.2) is 5.92 Å². The van der Waals surface area contributed by atoms with Crippen molar-refractivity contribution in [2.75, 3.05) is 6.61 Å². The van der Waals surface area contributed by atoms with E-state index in [9.17, 15) is 9.59 Å². The number of carboxylic acid groups (broad SMARTS) is 1. The Morgan fingerprint density at radius 1 is 1.27 bits per heavy atom. The number of unbranched alkanes of at least 4 members (excludes halogenated alkanes) is 3. The van der Waals surface area contributed by atoms with Crippen molar-refractivity contribution in [3.05, 3.63) is 0 Å². The molecule has 0 fully saturated rings. The Morgan fingerprint density at radius 2 is 1.87 bits per heavy atom. The predicted molar refractivity (Wildman–Crippen MR) is 62.2 cm³/mol. The Morgan fingerprint density at radius 3 is 2.33 bits per heavy atom. The molecule has 0 aliphatic rings. The lowest BCUT2D eigenvalue weighted by molar-refractivity contribution is -0.157. The van der Waals surface area contributed by atoms with Crippen molar-refractivity contribution in [3.8, 4) is 0 Å². The van der Waals surface area contributed by atoms with Gasteiger partial charge in [0.2, 0.25) is 0 Å². The van der Waals surface area contributed by atoms with Crippen LogP contribution in [0.2, 0.25) is 0 Å². The summed E-state index contributed by atoms with van der Waals surface area (Å²) in [6.45, 7) is 3.76. The number of carboxylic acids is 1. The maximum atomic E-state index is 11.0. The summed E-state index contributed by atoms with van der Waals surface area (Å²) in [5.41, 5.74) is 0. The number of halogens is 1. The lowest BCUT2D eigenvalue weighted by Crippen LogP contribution is -2.23. The van der Waals surface area contributed by atoms with Crippen LogP contribution in [0.15, 0.2) is 0 Å². The van der Waals surface area contributed by atoms with Crippen LogP contribution in [-0.2, 0) is 14.3 Å². The highest BCUT2D eigenvalue weighted by molar-refractivity contribution is 8.93. The summed E-state index contributed by atoms with van der Waals surface area (Å²) >= 11 is 0. The molecule has 0 aromatic carbocycles. The van der Waals surface area contributed by atoms with Crippen LogP contribution in [0.1, 0.15) is 39.5 Å². The Labute approximate surface area is 101 Å². The van der Waals surface area contributed by atoms with E-state index >= 15 is 0 Å². The van der Waals surface area contributed by atoms with Gasteiger partial charge in [-0.3, -0.25) is 9.59 Å². The highest BCUT2D eigenvalue weighted by Gasteiger charge is 2.21. The number of aliphatic carboxylic acids is 1. The predicted octanol–water partition coefficient (Wildman–Crippen LogP) is 2.41. The molecule has 1 atom stereocenters. The van der Waals surface area contributed by atoms with Crippen molar-refractivity contribution in [3.63, 3.8) is 0 Å². The van der Waals surface area contributed by atoms with Crippen molar-refractivity contribution in [1.29, 1.82) is 0 Å². The highest BCUT2D eigenvalue weighted by atomic mass is 79.9. The lowest BCUT2D eigenvalue weighted by Gasteiger charge is -2.06. The molecule has 0 aromatic heterocycles.